The fourth-order valence-electron chi connectivity index (χ4n) is 10.1. The van der Waals surface area contributed by atoms with Gasteiger partial charge in [0.25, 0.3) is 0 Å². The molecule has 1 heterocycles. The molecule has 54 heavy (non-hydrogen) atoms. The topological polar surface area (TPSA) is 4.93 Å². The van der Waals surface area contributed by atoms with Crippen LogP contribution < -0.4 is 0 Å². The van der Waals surface area contributed by atoms with E-state index in [2.05, 4.69) is 205 Å². The van der Waals surface area contributed by atoms with E-state index in [4.69, 9.17) is 0 Å². The third-order valence-corrected chi connectivity index (χ3v) is 12.2. The fourth-order valence-corrected chi connectivity index (χ4v) is 10.1. The van der Waals surface area contributed by atoms with E-state index in [1.807, 2.05) is 0 Å². The van der Waals surface area contributed by atoms with Gasteiger partial charge in [0, 0.05) is 16.5 Å². The van der Waals surface area contributed by atoms with Crippen molar-refractivity contribution in [3.8, 4) is 50.2 Å². The summed E-state index contributed by atoms with van der Waals surface area (Å²) < 4.78 is 2.40. The molecule has 1 aromatic heterocycles. The van der Waals surface area contributed by atoms with Crippen molar-refractivity contribution in [3.05, 3.63) is 222 Å². The first kappa shape index (κ1) is 29.6. The molecular weight excluding hydrogens is 651 g/mol. The molecule has 0 bridgehead atoms. The summed E-state index contributed by atoms with van der Waals surface area (Å²) in [5.41, 5.74) is 18.9. The number of fused-ring (bicyclic) bond motifs is 15. The van der Waals surface area contributed by atoms with Crippen LogP contribution in [0.25, 0.3) is 82.8 Å². The molecule has 12 rings (SSSR count). The van der Waals surface area contributed by atoms with Crippen LogP contribution in [-0.2, 0) is 5.41 Å². The van der Waals surface area contributed by atoms with Crippen LogP contribution in [0.2, 0.25) is 0 Å². The molecule has 0 radical (unpaired) electrons. The van der Waals surface area contributed by atoms with E-state index in [9.17, 15) is 0 Å². The lowest BCUT2D eigenvalue weighted by molar-refractivity contribution is 0.802. The third-order valence-electron chi connectivity index (χ3n) is 12.2. The van der Waals surface area contributed by atoms with Gasteiger partial charge in [-0.25, -0.2) is 0 Å². The Morgan fingerprint density at radius 3 is 1.72 bits per heavy atom. The zero-order valence-corrected chi connectivity index (χ0v) is 29.5. The normalized spacial score (nSPS) is 13.3. The molecule has 0 amide bonds. The Morgan fingerprint density at radius 1 is 0.333 bits per heavy atom. The van der Waals surface area contributed by atoms with Gasteiger partial charge < -0.3 is 4.57 Å². The quantitative estimate of drug-likeness (QED) is 0.175. The van der Waals surface area contributed by atoms with Crippen LogP contribution >= 0.6 is 0 Å². The highest BCUT2D eigenvalue weighted by Crippen LogP contribution is 2.66. The van der Waals surface area contributed by atoms with Crippen LogP contribution in [0.1, 0.15) is 22.3 Å². The van der Waals surface area contributed by atoms with Gasteiger partial charge in [-0.15, -0.1) is 0 Å². The predicted molar refractivity (Wildman–Crippen MR) is 225 cm³/mol. The van der Waals surface area contributed by atoms with Gasteiger partial charge in [-0.3, -0.25) is 0 Å². The number of hydrogen-bond donors (Lipinski definition) is 0. The van der Waals surface area contributed by atoms with Crippen LogP contribution in [0.3, 0.4) is 0 Å². The molecule has 0 unspecified atom stereocenters. The molecule has 2 aliphatic rings. The van der Waals surface area contributed by atoms with E-state index >= 15 is 0 Å². The minimum Gasteiger partial charge on any atom is -0.309 e. The van der Waals surface area contributed by atoms with E-state index in [0.717, 1.165) is 0 Å². The van der Waals surface area contributed by atoms with Gasteiger partial charge in [0.15, 0.2) is 0 Å². The van der Waals surface area contributed by atoms with Gasteiger partial charge in [0.05, 0.1) is 16.4 Å². The summed E-state index contributed by atoms with van der Waals surface area (Å²) in [7, 11) is 0. The maximum Gasteiger partial charge on any atom is 0.0731 e. The van der Waals surface area contributed by atoms with Crippen LogP contribution in [0, 0.1) is 0 Å². The summed E-state index contributed by atoms with van der Waals surface area (Å²) in [6.45, 7) is 0. The average Bonchev–Trinajstić information content (AvgIpc) is 3.86. The van der Waals surface area contributed by atoms with Crippen molar-refractivity contribution in [2.75, 3.05) is 0 Å². The lowest BCUT2D eigenvalue weighted by Gasteiger charge is -2.32. The van der Waals surface area contributed by atoms with E-state index in [0.29, 0.717) is 0 Å². The summed E-state index contributed by atoms with van der Waals surface area (Å²) in [6.07, 6.45) is 0. The molecule has 1 nitrogen and oxygen atoms in total. The maximum absolute atomic E-state index is 2.50. The highest BCUT2D eigenvalue weighted by Gasteiger charge is 2.53. The van der Waals surface area contributed by atoms with E-state index in [1.165, 1.54) is 105 Å². The fraction of sp³-hybridized carbons (Fsp3) is 0.0189. The molecule has 10 aromatic rings. The SMILES string of the molecule is c1ccc(-c2ccc3c(c2)C2(c4ccccc4-c4ccccc42)c2c-3c(-c3ccc4c(c3)c3ccccc3n4-c3ccccc3)cc3ccccc23)cc1. The molecule has 2 aliphatic carbocycles. The molecule has 250 valence electrons. The van der Waals surface area contributed by atoms with Crippen molar-refractivity contribution in [1.29, 1.82) is 0 Å². The Bertz CT molecular complexity index is 3100. The minimum absolute atomic E-state index is 0.480. The minimum atomic E-state index is -0.480. The van der Waals surface area contributed by atoms with Gasteiger partial charge in [-0.2, -0.15) is 0 Å². The van der Waals surface area contributed by atoms with Crippen LogP contribution in [0.4, 0.5) is 0 Å². The second-order valence-corrected chi connectivity index (χ2v) is 14.8. The summed E-state index contributed by atoms with van der Waals surface area (Å²) >= 11 is 0. The summed E-state index contributed by atoms with van der Waals surface area (Å²) in [4.78, 5) is 0. The molecule has 0 saturated carbocycles. The number of hydrogen-bond acceptors (Lipinski definition) is 0. The van der Waals surface area contributed by atoms with Crippen LogP contribution in [0.15, 0.2) is 200 Å². The Balaban J connectivity index is 1.23. The largest absolute Gasteiger partial charge is 0.309 e. The van der Waals surface area contributed by atoms with Crippen molar-refractivity contribution in [2.24, 2.45) is 0 Å². The van der Waals surface area contributed by atoms with E-state index < -0.39 is 5.41 Å². The average molecular weight is 684 g/mol. The number of nitrogens with zero attached hydrogens (tertiary/aromatic N) is 1. The van der Waals surface area contributed by atoms with Gasteiger partial charge in [0.2, 0.25) is 0 Å². The lowest BCUT2D eigenvalue weighted by atomic mass is 9.69. The molecule has 1 heteroatoms. The molecule has 0 aliphatic heterocycles. The Kier molecular flexibility index (Phi) is 6.04. The summed E-state index contributed by atoms with van der Waals surface area (Å²) in [6, 6.07) is 74.6. The first-order valence-electron chi connectivity index (χ1n) is 18.9. The van der Waals surface area contributed by atoms with Gasteiger partial charge >= 0.3 is 0 Å². The standard InChI is InChI=1S/C53H33N/c1-3-15-34(16-4-1)35-27-29-43-48(33-35)53(46-24-12-9-21-40(46)41-22-10-13-25-47(41)53)52-39-20-8-7-17-36(39)31-44(51(43)52)37-28-30-50-45(32-37)42-23-11-14-26-49(42)54(50)38-18-5-2-6-19-38/h1-33H. The molecule has 0 fully saturated rings. The van der Waals surface area contributed by atoms with Crippen molar-refractivity contribution in [1.82, 2.24) is 4.57 Å². The zero-order valence-electron chi connectivity index (χ0n) is 29.5. The summed E-state index contributed by atoms with van der Waals surface area (Å²) in [5, 5.41) is 5.09. The Morgan fingerprint density at radius 2 is 0.944 bits per heavy atom. The number of benzene rings is 9. The molecule has 9 aromatic carbocycles. The third kappa shape index (κ3) is 3.83. The lowest BCUT2D eigenvalue weighted by Crippen LogP contribution is -2.26. The molecule has 1 spiro atoms. The highest BCUT2D eigenvalue weighted by atomic mass is 15.0. The predicted octanol–water partition coefficient (Wildman–Crippen LogP) is 13.6. The maximum atomic E-state index is 2.50. The molecule has 0 atom stereocenters. The van der Waals surface area contributed by atoms with Crippen molar-refractivity contribution in [3.63, 3.8) is 0 Å². The van der Waals surface area contributed by atoms with Crippen LogP contribution in [-0.4, -0.2) is 4.57 Å². The Labute approximate surface area is 314 Å². The monoisotopic (exact) mass is 683 g/mol. The van der Waals surface area contributed by atoms with Crippen molar-refractivity contribution < 1.29 is 0 Å². The summed E-state index contributed by atoms with van der Waals surface area (Å²) in [5.74, 6) is 0. The molecule has 0 saturated heterocycles. The number of aromatic nitrogens is 1. The molecular formula is C53H33N. The van der Waals surface area contributed by atoms with Crippen LogP contribution in [0.5, 0.6) is 0 Å². The smallest absolute Gasteiger partial charge is 0.0731 e. The van der Waals surface area contributed by atoms with Crippen molar-refractivity contribution >= 4 is 32.6 Å². The van der Waals surface area contributed by atoms with Gasteiger partial charge in [-0.05, 0) is 120 Å². The first-order chi connectivity index (χ1) is 26.8. The number of para-hydroxylation sites is 2. The van der Waals surface area contributed by atoms with Gasteiger partial charge in [-0.1, -0.05) is 158 Å². The van der Waals surface area contributed by atoms with Gasteiger partial charge in [0.1, 0.15) is 0 Å². The molecule has 0 N–H and O–H groups in total. The first-order valence-corrected chi connectivity index (χ1v) is 18.9. The Hall–Kier alpha value is -6.96. The second-order valence-electron chi connectivity index (χ2n) is 14.8. The highest BCUT2D eigenvalue weighted by molar-refractivity contribution is 6.13. The van der Waals surface area contributed by atoms with Crippen molar-refractivity contribution in [2.45, 2.75) is 5.41 Å². The van der Waals surface area contributed by atoms with E-state index in [-0.39, 0.29) is 0 Å². The second kappa shape index (κ2) is 11.0. The number of rotatable bonds is 3. The van der Waals surface area contributed by atoms with E-state index in [1.54, 1.807) is 0 Å². The zero-order chi connectivity index (χ0) is 35.4.